The van der Waals surface area contributed by atoms with Crippen LogP contribution in [0.4, 0.5) is 0 Å². The van der Waals surface area contributed by atoms with E-state index >= 15 is 0 Å². The third-order valence-electron chi connectivity index (χ3n) is 1.56. The lowest BCUT2D eigenvalue weighted by Crippen LogP contribution is -2.13. The summed E-state index contributed by atoms with van der Waals surface area (Å²) in [4.78, 5) is 0.425. The fourth-order valence-electron chi connectivity index (χ4n) is 0.914. The van der Waals surface area contributed by atoms with E-state index in [0.717, 1.165) is 12.8 Å². The Hall–Kier alpha value is -0.310. The van der Waals surface area contributed by atoms with Gasteiger partial charge in [-0.2, -0.15) is 0 Å². The lowest BCUT2D eigenvalue weighted by Gasteiger charge is -2.11. The van der Waals surface area contributed by atoms with Crippen LogP contribution in [-0.4, -0.2) is 14.2 Å². The second kappa shape index (κ2) is 2.14. The summed E-state index contributed by atoms with van der Waals surface area (Å²) < 4.78 is 21.8. The maximum atomic E-state index is 10.9. The highest BCUT2D eigenvalue weighted by Gasteiger charge is 2.19. The average Bonchev–Trinajstić information content (AvgIpc) is 1.77. The van der Waals surface area contributed by atoms with Gasteiger partial charge in [-0.25, -0.2) is 8.42 Å². The van der Waals surface area contributed by atoms with Crippen LogP contribution < -0.4 is 0 Å². The highest BCUT2D eigenvalue weighted by atomic mass is 32.2. The Morgan fingerprint density at radius 3 is 2.33 bits per heavy atom. The molecular weight excluding hydrogens is 136 g/mol. The van der Waals surface area contributed by atoms with E-state index in [0.29, 0.717) is 17.1 Å². The van der Waals surface area contributed by atoms with Crippen molar-refractivity contribution in [2.45, 2.75) is 19.3 Å². The van der Waals surface area contributed by atoms with Crippen molar-refractivity contribution in [2.75, 3.05) is 5.75 Å². The quantitative estimate of drug-likeness (QED) is 0.513. The number of rotatable bonds is 0. The number of hydrogen-bond donors (Lipinski definition) is 0. The van der Waals surface area contributed by atoms with Gasteiger partial charge in [-0.3, -0.25) is 0 Å². The van der Waals surface area contributed by atoms with Gasteiger partial charge in [-0.1, -0.05) is 6.58 Å². The summed E-state index contributed by atoms with van der Waals surface area (Å²) in [6.45, 7) is 3.48. The van der Waals surface area contributed by atoms with Crippen molar-refractivity contribution >= 4 is 9.84 Å². The molecule has 0 aliphatic carbocycles. The second-order valence-corrected chi connectivity index (χ2v) is 4.53. The molecule has 1 aliphatic heterocycles. The summed E-state index contributed by atoms with van der Waals surface area (Å²) in [6.07, 6.45) is 2.46. The Morgan fingerprint density at radius 2 is 2.00 bits per heavy atom. The Balaban J connectivity index is 2.85. The first kappa shape index (κ1) is 6.81. The minimum atomic E-state index is -2.86. The summed E-state index contributed by atoms with van der Waals surface area (Å²) in [5, 5.41) is 0. The fraction of sp³-hybridized carbons (Fsp3) is 0.667. The van der Waals surface area contributed by atoms with E-state index in [4.69, 9.17) is 0 Å². The first-order valence-corrected chi connectivity index (χ1v) is 4.69. The normalized spacial score (nSPS) is 26.0. The third kappa shape index (κ3) is 1.33. The second-order valence-electron chi connectivity index (χ2n) is 2.31. The molecule has 2 nitrogen and oxygen atoms in total. The maximum absolute atomic E-state index is 10.9. The Labute approximate surface area is 55.5 Å². The zero-order chi connectivity index (χ0) is 6.91. The first-order chi connectivity index (χ1) is 4.13. The molecule has 0 N–H and O–H groups in total. The zero-order valence-electron chi connectivity index (χ0n) is 5.26. The van der Waals surface area contributed by atoms with Gasteiger partial charge < -0.3 is 0 Å². The Kier molecular flexibility index (Phi) is 1.62. The molecule has 0 aromatic rings. The molecule has 9 heavy (non-hydrogen) atoms. The lowest BCUT2D eigenvalue weighted by atomic mass is 10.2. The summed E-state index contributed by atoms with van der Waals surface area (Å²) in [5.74, 6) is 0.311. The van der Waals surface area contributed by atoms with Gasteiger partial charge in [-0.05, 0) is 19.3 Å². The van der Waals surface area contributed by atoms with Crippen LogP contribution in [0.15, 0.2) is 11.5 Å². The molecule has 52 valence electrons. The standard InChI is InChI=1S/C6H10O2S/c1-6-4-2-3-5-9(6,7)8/h1-5H2. The number of sulfone groups is 1. The Bertz CT molecular complexity index is 213. The Morgan fingerprint density at radius 1 is 1.33 bits per heavy atom. The molecule has 3 heteroatoms. The zero-order valence-corrected chi connectivity index (χ0v) is 6.08. The van der Waals surface area contributed by atoms with Crippen LogP contribution in [0.1, 0.15) is 19.3 Å². The molecular formula is C6H10O2S. The minimum Gasteiger partial charge on any atom is -0.224 e. The van der Waals surface area contributed by atoms with Crippen LogP contribution >= 0.6 is 0 Å². The molecule has 0 radical (unpaired) electrons. The molecule has 0 amide bonds. The predicted octanol–water partition coefficient (Wildman–Crippen LogP) is 1.10. The van der Waals surface area contributed by atoms with E-state index in [1.807, 2.05) is 0 Å². The SMILES string of the molecule is C=C1CCCCS1(=O)=O. The number of allylic oxidation sites excluding steroid dienone is 1. The lowest BCUT2D eigenvalue weighted by molar-refractivity contribution is 0.587. The van der Waals surface area contributed by atoms with Crippen molar-refractivity contribution in [1.82, 2.24) is 0 Å². The largest absolute Gasteiger partial charge is 0.224 e. The molecule has 0 spiro atoms. The van der Waals surface area contributed by atoms with Gasteiger partial charge in [0.2, 0.25) is 0 Å². The molecule has 1 fully saturated rings. The van der Waals surface area contributed by atoms with Crippen molar-refractivity contribution < 1.29 is 8.42 Å². The summed E-state index contributed by atoms with van der Waals surface area (Å²) in [7, 11) is -2.86. The van der Waals surface area contributed by atoms with Gasteiger partial charge >= 0.3 is 0 Å². The molecule has 0 aromatic heterocycles. The molecule has 0 atom stereocenters. The van der Waals surface area contributed by atoms with E-state index in [1.165, 1.54) is 0 Å². The highest BCUT2D eigenvalue weighted by Crippen LogP contribution is 2.20. The first-order valence-electron chi connectivity index (χ1n) is 3.03. The fourth-order valence-corrected chi connectivity index (χ4v) is 2.24. The number of hydrogen-bond acceptors (Lipinski definition) is 2. The van der Waals surface area contributed by atoms with Gasteiger partial charge in [0.05, 0.1) is 5.75 Å². The molecule has 1 rings (SSSR count). The van der Waals surface area contributed by atoms with E-state index in [9.17, 15) is 8.42 Å². The molecule has 1 heterocycles. The smallest absolute Gasteiger partial charge is 0.173 e. The monoisotopic (exact) mass is 146 g/mol. The van der Waals surface area contributed by atoms with E-state index < -0.39 is 9.84 Å². The molecule has 0 bridgehead atoms. The van der Waals surface area contributed by atoms with Crippen molar-refractivity contribution in [3.05, 3.63) is 11.5 Å². The van der Waals surface area contributed by atoms with Crippen LogP contribution in [-0.2, 0) is 9.84 Å². The van der Waals surface area contributed by atoms with Crippen LogP contribution in [0.3, 0.4) is 0 Å². The predicted molar refractivity (Wildman–Crippen MR) is 36.8 cm³/mol. The van der Waals surface area contributed by atoms with Gasteiger partial charge in [0, 0.05) is 4.91 Å². The van der Waals surface area contributed by atoms with Gasteiger partial charge in [0.15, 0.2) is 9.84 Å². The van der Waals surface area contributed by atoms with Gasteiger partial charge in [0.1, 0.15) is 0 Å². The maximum Gasteiger partial charge on any atom is 0.173 e. The topological polar surface area (TPSA) is 34.1 Å². The van der Waals surface area contributed by atoms with Crippen LogP contribution in [0.2, 0.25) is 0 Å². The molecule has 0 unspecified atom stereocenters. The third-order valence-corrected chi connectivity index (χ3v) is 3.47. The molecule has 1 aliphatic rings. The van der Waals surface area contributed by atoms with E-state index in [2.05, 4.69) is 6.58 Å². The van der Waals surface area contributed by atoms with Crippen molar-refractivity contribution in [3.8, 4) is 0 Å². The highest BCUT2D eigenvalue weighted by molar-refractivity contribution is 7.95. The van der Waals surface area contributed by atoms with Crippen LogP contribution in [0, 0.1) is 0 Å². The summed E-state index contributed by atoms with van der Waals surface area (Å²) >= 11 is 0. The van der Waals surface area contributed by atoms with E-state index in [1.54, 1.807) is 0 Å². The average molecular weight is 146 g/mol. The summed E-state index contributed by atoms with van der Waals surface area (Å²) in [5.41, 5.74) is 0. The molecule has 1 saturated heterocycles. The van der Waals surface area contributed by atoms with Gasteiger partial charge in [-0.15, -0.1) is 0 Å². The van der Waals surface area contributed by atoms with Gasteiger partial charge in [0.25, 0.3) is 0 Å². The molecule has 0 aromatic carbocycles. The van der Waals surface area contributed by atoms with Crippen LogP contribution in [0.5, 0.6) is 0 Å². The minimum absolute atomic E-state index is 0.311. The summed E-state index contributed by atoms with van der Waals surface area (Å²) in [6, 6.07) is 0. The van der Waals surface area contributed by atoms with Crippen molar-refractivity contribution in [1.29, 1.82) is 0 Å². The van der Waals surface area contributed by atoms with Crippen LogP contribution in [0.25, 0.3) is 0 Å². The van der Waals surface area contributed by atoms with Crippen molar-refractivity contribution in [3.63, 3.8) is 0 Å². The van der Waals surface area contributed by atoms with E-state index in [-0.39, 0.29) is 0 Å². The van der Waals surface area contributed by atoms with Crippen molar-refractivity contribution in [2.24, 2.45) is 0 Å². The molecule has 0 saturated carbocycles.